The normalized spacial score (nSPS) is 14.4. The highest BCUT2D eigenvalue weighted by atomic mass is 16.5. The molecule has 0 aromatic carbocycles. The molecule has 106 valence electrons. The molecular formula is C13H26N2O3. The molecule has 0 aliphatic carbocycles. The van der Waals surface area contributed by atoms with Crippen molar-refractivity contribution in [3.05, 3.63) is 0 Å². The van der Waals surface area contributed by atoms with Crippen molar-refractivity contribution in [1.29, 1.82) is 0 Å². The number of nitrogens with one attached hydrogen (secondary N) is 1. The summed E-state index contributed by atoms with van der Waals surface area (Å²) < 4.78 is 4.73. The van der Waals surface area contributed by atoms with Gasteiger partial charge in [0, 0.05) is 12.1 Å². The van der Waals surface area contributed by atoms with Gasteiger partial charge in [0.2, 0.25) is 5.91 Å². The minimum Gasteiger partial charge on any atom is -0.469 e. The molecule has 0 aliphatic heterocycles. The van der Waals surface area contributed by atoms with Crippen LogP contribution < -0.4 is 5.32 Å². The average molecular weight is 258 g/mol. The minimum absolute atomic E-state index is 0.0178. The monoisotopic (exact) mass is 258 g/mol. The second kappa shape index (κ2) is 8.08. The lowest BCUT2D eigenvalue weighted by molar-refractivity contribution is -0.147. The summed E-state index contributed by atoms with van der Waals surface area (Å²) >= 11 is 0. The highest BCUT2D eigenvalue weighted by Crippen LogP contribution is 2.12. The van der Waals surface area contributed by atoms with Gasteiger partial charge in [0.1, 0.15) is 0 Å². The van der Waals surface area contributed by atoms with Gasteiger partial charge in [-0.2, -0.15) is 0 Å². The van der Waals surface area contributed by atoms with Gasteiger partial charge in [0.25, 0.3) is 0 Å². The molecule has 0 spiro atoms. The Bertz CT molecular complexity index is 279. The second-order valence-electron chi connectivity index (χ2n) is 4.84. The molecule has 0 heterocycles. The number of carbonyl (C=O) groups is 2. The molecule has 0 bridgehead atoms. The van der Waals surface area contributed by atoms with Gasteiger partial charge in [0.05, 0.1) is 19.6 Å². The summed E-state index contributed by atoms with van der Waals surface area (Å²) in [5.41, 5.74) is 0. The molecule has 1 amide bonds. The Balaban J connectivity index is 4.48. The van der Waals surface area contributed by atoms with Crippen molar-refractivity contribution < 1.29 is 14.3 Å². The Morgan fingerprint density at radius 1 is 1.22 bits per heavy atom. The fourth-order valence-corrected chi connectivity index (χ4v) is 1.79. The van der Waals surface area contributed by atoms with Gasteiger partial charge in [-0.3, -0.25) is 14.5 Å². The van der Waals surface area contributed by atoms with E-state index in [0.29, 0.717) is 13.1 Å². The van der Waals surface area contributed by atoms with Crippen molar-refractivity contribution in [1.82, 2.24) is 10.2 Å². The summed E-state index contributed by atoms with van der Waals surface area (Å²) in [6, 6.07) is 0.102. The van der Waals surface area contributed by atoms with Crippen molar-refractivity contribution >= 4 is 11.9 Å². The van der Waals surface area contributed by atoms with Crippen molar-refractivity contribution in [3.63, 3.8) is 0 Å². The summed E-state index contributed by atoms with van der Waals surface area (Å²) in [4.78, 5) is 25.2. The van der Waals surface area contributed by atoms with Crippen LogP contribution in [0.25, 0.3) is 0 Å². The van der Waals surface area contributed by atoms with E-state index in [0.717, 1.165) is 0 Å². The van der Waals surface area contributed by atoms with Gasteiger partial charge in [-0.25, -0.2) is 0 Å². The smallest absolute Gasteiger partial charge is 0.309 e. The van der Waals surface area contributed by atoms with E-state index in [-0.39, 0.29) is 29.9 Å². The first-order chi connectivity index (χ1) is 8.33. The molecule has 0 radical (unpaired) electrons. The van der Waals surface area contributed by atoms with Gasteiger partial charge in [-0.1, -0.05) is 13.8 Å². The summed E-state index contributed by atoms with van der Waals surface area (Å²) in [7, 11) is 1.38. The number of esters is 1. The molecule has 0 rings (SSSR count). The standard InChI is InChI=1S/C13H26N2O3/c1-7-15(8-12(16)14-9(2)3)11(5)10(4)13(17)18-6/h9-11H,7-8H2,1-6H3,(H,14,16). The van der Waals surface area contributed by atoms with Crippen LogP contribution >= 0.6 is 0 Å². The first-order valence-electron chi connectivity index (χ1n) is 6.44. The first kappa shape index (κ1) is 16.9. The van der Waals surface area contributed by atoms with Crippen LogP contribution in [-0.4, -0.2) is 49.1 Å². The predicted octanol–water partition coefficient (Wildman–Crippen LogP) is 1.03. The van der Waals surface area contributed by atoms with Crippen LogP contribution in [-0.2, 0) is 14.3 Å². The van der Waals surface area contributed by atoms with E-state index in [2.05, 4.69) is 5.32 Å². The van der Waals surface area contributed by atoms with Crippen LogP contribution in [0, 0.1) is 5.92 Å². The molecular weight excluding hydrogens is 232 g/mol. The molecule has 0 aromatic heterocycles. The van der Waals surface area contributed by atoms with E-state index in [1.807, 2.05) is 39.5 Å². The number of amides is 1. The lowest BCUT2D eigenvalue weighted by atomic mass is 10.0. The third-order valence-corrected chi connectivity index (χ3v) is 3.08. The van der Waals surface area contributed by atoms with E-state index in [1.165, 1.54) is 7.11 Å². The van der Waals surface area contributed by atoms with Crippen LogP contribution in [0.15, 0.2) is 0 Å². The van der Waals surface area contributed by atoms with Crippen molar-refractivity contribution in [2.75, 3.05) is 20.2 Å². The van der Waals surface area contributed by atoms with Gasteiger partial charge in [0.15, 0.2) is 0 Å². The fourth-order valence-electron chi connectivity index (χ4n) is 1.79. The van der Waals surface area contributed by atoms with Crippen LogP contribution in [0.4, 0.5) is 0 Å². The Morgan fingerprint density at radius 2 is 1.78 bits per heavy atom. The zero-order valence-electron chi connectivity index (χ0n) is 12.3. The highest BCUT2D eigenvalue weighted by molar-refractivity contribution is 5.78. The lowest BCUT2D eigenvalue weighted by Gasteiger charge is -2.30. The number of ether oxygens (including phenoxy) is 1. The molecule has 0 aromatic rings. The third kappa shape index (κ3) is 5.49. The molecule has 18 heavy (non-hydrogen) atoms. The number of carbonyl (C=O) groups excluding carboxylic acids is 2. The van der Waals surface area contributed by atoms with Crippen LogP contribution in [0.3, 0.4) is 0 Å². The topological polar surface area (TPSA) is 58.6 Å². The maximum Gasteiger partial charge on any atom is 0.309 e. The first-order valence-corrected chi connectivity index (χ1v) is 6.44. The van der Waals surface area contributed by atoms with Crippen LogP contribution in [0.1, 0.15) is 34.6 Å². The summed E-state index contributed by atoms with van der Waals surface area (Å²) in [5.74, 6) is -0.511. The Morgan fingerprint density at radius 3 is 2.17 bits per heavy atom. The van der Waals surface area contributed by atoms with Crippen molar-refractivity contribution in [3.8, 4) is 0 Å². The van der Waals surface area contributed by atoms with Crippen LogP contribution in [0.5, 0.6) is 0 Å². The highest BCUT2D eigenvalue weighted by Gasteiger charge is 2.26. The molecule has 0 fully saturated rings. The number of hydrogen-bond donors (Lipinski definition) is 1. The van der Waals surface area contributed by atoms with Gasteiger partial charge >= 0.3 is 5.97 Å². The minimum atomic E-state index is -0.248. The molecule has 2 atom stereocenters. The average Bonchev–Trinajstić information content (AvgIpc) is 2.32. The molecule has 5 nitrogen and oxygen atoms in total. The Hall–Kier alpha value is -1.10. The quantitative estimate of drug-likeness (QED) is 0.693. The lowest BCUT2D eigenvalue weighted by Crippen LogP contribution is -2.47. The maximum absolute atomic E-state index is 11.7. The third-order valence-electron chi connectivity index (χ3n) is 3.08. The van der Waals surface area contributed by atoms with Gasteiger partial charge in [-0.05, 0) is 27.3 Å². The molecule has 0 saturated heterocycles. The largest absolute Gasteiger partial charge is 0.469 e. The van der Waals surface area contributed by atoms with E-state index in [4.69, 9.17) is 4.74 Å². The summed E-state index contributed by atoms with van der Waals surface area (Å²) in [5, 5.41) is 2.85. The predicted molar refractivity (Wildman–Crippen MR) is 71.2 cm³/mol. The molecule has 2 unspecified atom stereocenters. The molecule has 1 N–H and O–H groups in total. The SMILES string of the molecule is CCN(CC(=O)NC(C)C)C(C)C(C)C(=O)OC. The molecule has 0 aliphatic rings. The van der Waals surface area contributed by atoms with Crippen molar-refractivity contribution in [2.45, 2.75) is 46.7 Å². The zero-order valence-corrected chi connectivity index (χ0v) is 12.3. The van der Waals surface area contributed by atoms with E-state index < -0.39 is 0 Å². The van der Waals surface area contributed by atoms with E-state index in [1.54, 1.807) is 0 Å². The summed E-state index contributed by atoms with van der Waals surface area (Å²) in [6.07, 6.45) is 0. The van der Waals surface area contributed by atoms with Crippen molar-refractivity contribution in [2.24, 2.45) is 5.92 Å². The molecule has 0 saturated carbocycles. The number of rotatable bonds is 7. The fraction of sp³-hybridized carbons (Fsp3) is 0.846. The number of likely N-dealkylation sites (N-methyl/N-ethyl adjacent to an activating group) is 1. The zero-order chi connectivity index (χ0) is 14.3. The molecule has 5 heteroatoms. The van der Waals surface area contributed by atoms with E-state index >= 15 is 0 Å². The summed E-state index contributed by atoms with van der Waals surface area (Å²) in [6.45, 7) is 10.6. The Labute approximate surface area is 110 Å². The van der Waals surface area contributed by atoms with Gasteiger partial charge < -0.3 is 10.1 Å². The second-order valence-corrected chi connectivity index (χ2v) is 4.84. The number of methoxy groups -OCH3 is 1. The van der Waals surface area contributed by atoms with Crippen LogP contribution in [0.2, 0.25) is 0 Å². The Kier molecular flexibility index (Phi) is 7.59. The number of hydrogen-bond acceptors (Lipinski definition) is 4. The van der Waals surface area contributed by atoms with Gasteiger partial charge in [-0.15, -0.1) is 0 Å². The number of nitrogens with zero attached hydrogens (tertiary/aromatic N) is 1. The maximum atomic E-state index is 11.7. The van der Waals surface area contributed by atoms with E-state index in [9.17, 15) is 9.59 Å².